The van der Waals surface area contributed by atoms with Crippen molar-refractivity contribution in [1.29, 1.82) is 0 Å². The van der Waals surface area contributed by atoms with Crippen LogP contribution in [-0.2, 0) is 9.59 Å². The number of amides is 2. The first kappa shape index (κ1) is 17.2. The highest BCUT2D eigenvalue weighted by Gasteiger charge is 2.62. The molecule has 0 saturated carbocycles. The van der Waals surface area contributed by atoms with Crippen LogP contribution in [0.1, 0.15) is 33.6 Å². The van der Waals surface area contributed by atoms with Gasteiger partial charge in [-0.25, -0.2) is 0 Å². The molecular formula is C15H27N3O4. The second kappa shape index (κ2) is 6.14. The van der Waals surface area contributed by atoms with Crippen molar-refractivity contribution in [3.05, 3.63) is 0 Å². The molecule has 0 radical (unpaired) electrons. The first-order valence-corrected chi connectivity index (χ1v) is 7.89. The highest BCUT2D eigenvalue weighted by molar-refractivity contribution is 5.82. The Kier molecular flexibility index (Phi) is 4.79. The molecule has 0 bridgehead atoms. The molecule has 126 valence electrons. The fourth-order valence-electron chi connectivity index (χ4n) is 3.97. The van der Waals surface area contributed by atoms with E-state index >= 15 is 0 Å². The van der Waals surface area contributed by atoms with Crippen molar-refractivity contribution in [3.63, 3.8) is 0 Å². The van der Waals surface area contributed by atoms with Crippen molar-refractivity contribution in [3.8, 4) is 0 Å². The van der Waals surface area contributed by atoms with E-state index in [0.29, 0.717) is 31.8 Å². The van der Waals surface area contributed by atoms with Crippen molar-refractivity contribution >= 4 is 11.8 Å². The number of carbonyl (C=O) groups is 2. The minimum absolute atomic E-state index is 0.0967. The van der Waals surface area contributed by atoms with E-state index in [-0.39, 0.29) is 18.6 Å². The van der Waals surface area contributed by atoms with Gasteiger partial charge in [0.15, 0.2) is 0 Å². The number of nitrogens with two attached hydrogens (primary N) is 1. The summed E-state index contributed by atoms with van der Waals surface area (Å²) in [6.07, 6.45) is 0.220. The molecule has 7 heteroatoms. The molecule has 0 aliphatic carbocycles. The van der Waals surface area contributed by atoms with E-state index in [9.17, 15) is 19.8 Å². The predicted octanol–water partition coefficient (Wildman–Crippen LogP) is -1.09. The Morgan fingerprint density at radius 3 is 2.55 bits per heavy atom. The molecule has 7 nitrogen and oxygen atoms in total. The zero-order valence-electron chi connectivity index (χ0n) is 13.5. The molecule has 22 heavy (non-hydrogen) atoms. The quantitative estimate of drug-likeness (QED) is 0.578. The van der Waals surface area contributed by atoms with Crippen LogP contribution in [-0.4, -0.2) is 75.3 Å². The molecule has 2 saturated heterocycles. The highest BCUT2D eigenvalue weighted by Crippen LogP contribution is 2.45. The number of aliphatic hydroxyl groups excluding tert-OH is 2. The van der Waals surface area contributed by atoms with E-state index in [4.69, 9.17) is 5.73 Å². The smallest absolute Gasteiger partial charge is 0.237 e. The Morgan fingerprint density at radius 2 is 2.09 bits per heavy atom. The Balaban J connectivity index is 2.23. The van der Waals surface area contributed by atoms with Crippen LogP contribution < -0.4 is 5.73 Å². The van der Waals surface area contributed by atoms with Gasteiger partial charge >= 0.3 is 0 Å². The van der Waals surface area contributed by atoms with E-state index < -0.39 is 23.6 Å². The molecule has 2 amide bonds. The monoisotopic (exact) mass is 313 g/mol. The van der Waals surface area contributed by atoms with Crippen LogP contribution >= 0.6 is 0 Å². The van der Waals surface area contributed by atoms with Crippen LogP contribution in [0.4, 0.5) is 0 Å². The van der Waals surface area contributed by atoms with Gasteiger partial charge < -0.3 is 20.8 Å². The average molecular weight is 313 g/mol. The maximum Gasteiger partial charge on any atom is 0.237 e. The number of carbonyl (C=O) groups excluding carboxylic acids is 2. The van der Waals surface area contributed by atoms with Gasteiger partial charge in [-0.2, -0.15) is 0 Å². The van der Waals surface area contributed by atoms with Gasteiger partial charge in [0.25, 0.3) is 0 Å². The number of nitrogens with zero attached hydrogens (tertiary/aromatic N) is 2. The summed E-state index contributed by atoms with van der Waals surface area (Å²) in [5.41, 5.74) is 4.96. The number of hydrogen-bond donors (Lipinski definition) is 3. The third-order valence-electron chi connectivity index (χ3n) is 4.91. The van der Waals surface area contributed by atoms with Gasteiger partial charge in [0.05, 0.1) is 24.3 Å². The number of rotatable bonds is 6. The zero-order valence-corrected chi connectivity index (χ0v) is 13.5. The van der Waals surface area contributed by atoms with Gasteiger partial charge in [-0.15, -0.1) is 0 Å². The summed E-state index contributed by atoms with van der Waals surface area (Å²) in [5.74, 6) is -0.182. The molecule has 2 heterocycles. The molecule has 4 atom stereocenters. The summed E-state index contributed by atoms with van der Waals surface area (Å²) in [4.78, 5) is 27.4. The van der Waals surface area contributed by atoms with Gasteiger partial charge in [-0.05, 0) is 19.3 Å². The van der Waals surface area contributed by atoms with Gasteiger partial charge in [0.1, 0.15) is 6.04 Å². The summed E-state index contributed by atoms with van der Waals surface area (Å²) in [5, 5.41) is 19.6. The van der Waals surface area contributed by atoms with Gasteiger partial charge in [-0.3, -0.25) is 14.5 Å². The lowest BCUT2D eigenvalue weighted by Gasteiger charge is -2.61. The summed E-state index contributed by atoms with van der Waals surface area (Å²) in [7, 11) is 0. The van der Waals surface area contributed by atoms with E-state index in [2.05, 4.69) is 0 Å². The van der Waals surface area contributed by atoms with Crippen LogP contribution in [0, 0.1) is 5.92 Å². The fourth-order valence-corrected chi connectivity index (χ4v) is 3.97. The summed E-state index contributed by atoms with van der Waals surface area (Å²) >= 11 is 0. The van der Waals surface area contributed by atoms with Crippen LogP contribution in [0.2, 0.25) is 0 Å². The minimum Gasteiger partial charge on any atom is -0.395 e. The molecule has 2 aliphatic heterocycles. The molecule has 2 unspecified atom stereocenters. The Labute approximate surface area is 131 Å². The lowest BCUT2D eigenvalue weighted by Crippen LogP contribution is -2.80. The highest BCUT2D eigenvalue weighted by atomic mass is 16.3. The second-order valence-corrected chi connectivity index (χ2v) is 6.96. The number of hydrogen-bond acceptors (Lipinski definition) is 5. The van der Waals surface area contributed by atoms with Crippen molar-refractivity contribution in [1.82, 2.24) is 9.80 Å². The van der Waals surface area contributed by atoms with Crippen LogP contribution in [0.15, 0.2) is 0 Å². The molecular weight excluding hydrogens is 286 g/mol. The summed E-state index contributed by atoms with van der Waals surface area (Å²) in [6, 6.07) is -1.19. The Bertz CT molecular complexity index is 454. The molecule has 2 rings (SSSR count). The number of aliphatic hydroxyl groups is 2. The normalized spacial score (nSPS) is 31.6. The maximum absolute atomic E-state index is 12.2. The minimum atomic E-state index is -0.917. The topological polar surface area (TPSA) is 107 Å². The van der Waals surface area contributed by atoms with Crippen LogP contribution in [0.25, 0.3) is 0 Å². The zero-order chi connectivity index (χ0) is 16.7. The largest absolute Gasteiger partial charge is 0.395 e. The van der Waals surface area contributed by atoms with E-state index in [0.717, 1.165) is 0 Å². The van der Waals surface area contributed by atoms with Crippen LogP contribution in [0.5, 0.6) is 0 Å². The van der Waals surface area contributed by atoms with Crippen molar-refractivity contribution in [2.24, 2.45) is 11.7 Å². The summed E-state index contributed by atoms with van der Waals surface area (Å²) < 4.78 is 0. The first-order chi connectivity index (χ1) is 10.2. The first-order valence-electron chi connectivity index (χ1n) is 7.89. The van der Waals surface area contributed by atoms with Crippen molar-refractivity contribution in [2.45, 2.75) is 57.3 Å². The molecule has 1 spiro atoms. The van der Waals surface area contributed by atoms with Crippen LogP contribution in [0.3, 0.4) is 0 Å². The van der Waals surface area contributed by atoms with Gasteiger partial charge in [0.2, 0.25) is 11.8 Å². The van der Waals surface area contributed by atoms with Crippen molar-refractivity contribution < 1.29 is 19.8 Å². The average Bonchev–Trinajstić information content (AvgIpc) is 2.68. The molecule has 0 aromatic rings. The number of likely N-dealkylation sites (tertiary alicyclic amines) is 2. The van der Waals surface area contributed by atoms with E-state index in [1.807, 2.05) is 18.7 Å². The Hall–Kier alpha value is -1.18. The standard InChI is InChI=1S/C15H27N3O4/c1-9(2)6-18-12(21)4-5-15(18)8-17(11(15)7-19)13(10(3)20)14(16)22/h9-11,13,19-20H,4-8H2,1-3H3,(H2,16,22)/t10-,11?,13+,15?/m1/s1. The third kappa shape index (κ3) is 2.61. The molecule has 2 fully saturated rings. The number of primary amides is 1. The van der Waals surface area contributed by atoms with E-state index in [1.54, 1.807) is 4.90 Å². The maximum atomic E-state index is 12.2. The molecule has 2 aliphatic rings. The fraction of sp³-hybridized carbons (Fsp3) is 0.867. The lowest BCUT2D eigenvalue weighted by molar-refractivity contribution is -0.168. The SMILES string of the molecule is CC(C)CN1C(=O)CCC12CN([C@H](C(N)=O)[C@@H](C)O)C2CO. The Morgan fingerprint density at radius 1 is 1.45 bits per heavy atom. The van der Waals surface area contributed by atoms with E-state index in [1.165, 1.54) is 6.92 Å². The van der Waals surface area contributed by atoms with Crippen molar-refractivity contribution in [2.75, 3.05) is 19.7 Å². The molecule has 0 aromatic heterocycles. The lowest BCUT2D eigenvalue weighted by atomic mass is 9.75. The van der Waals surface area contributed by atoms with Gasteiger partial charge in [0, 0.05) is 19.5 Å². The van der Waals surface area contributed by atoms with Gasteiger partial charge in [-0.1, -0.05) is 13.8 Å². The predicted molar refractivity (Wildman–Crippen MR) is 80.8 cm³/mol. The molecule has 4 N–H and O–H groups in total. The summed E-state index contributed by atoms with van der Waals surface area (Å²) in [6.45, 7) is 6.55. The third-order valence-corrected chi connectivity index (χ3v) is 4.91. The second-order valence-electron chi connectivity index (χ2n) is 6.96. The molecule has 0 aromatic carbocycles.